The average molecular weight is 158 g/mol. The average Bonchev–Trinajstić information content (AvgIpc) is 1.85. The van der Waals surface area contributed by atoms with Crippen LogP contribution in [0.5, 0.6) is 0 Å². The highest BCUT2D eigenvalue weighted by atomic mass is 16.3. The van der Waals surface area contributed by atoms with E-state index in [0.717, 1.165) is 0 Å². The number of rotatable bonds is 5. The van der Waals surface area contributed by atoms with Crippen LogP contribution in [0.15, 0.2) is 0 Å². The summed E-state index contributed by atoms with van der Waals surface area (Å²) < 4.78 is 0. The Bertz CT molecular complexity index is 149. The van der Waals surface area contributed by atoms with E-state index < -0.39 is 6.10 Å². The van der Waals surface area contributed by atoms with Crippen molar-refractivity contribution in [3.63, 3.8) is 0 Å². The molecule has 0 aliphatic heterocycles. The smallest absolute Gasteiger partial charge is 0.142 e. The molecule has 0 heterocycles. The highest BCUT2D eigenvalue weighted by Crippen LogP contribution is 1.97. The molecule has 0 amide bonds. The summed E-state index contributed by atoms with van der Waals surface area (Å²) in [6.45, 7) is 3.26. The second-order valence-corrected chi connectivity index (χ2v) is 2.66. The van der Waals surface area contributed by atoms with Gasteiger partial charge in [-0.3, -0.25) is 9.59 Å². The van der Waals surface area contributed by atoms with Gasteiger partial charge in [-0.15, -0.1) is 0 Å². The lowest BCUT2D eigenvalue weighted by atomic mass is 10.1. The van der Waals surface area contributed by atoms with Crippen LogP contribution >= 0.6 is 0 Å². The summed E-state index contributed by atoms with van der Waals surface area (Å²) in [5.41, 5.74) is 0. The molecular formula is C8H14O3. The predicted molar refractivity (Wildman–Crippen MR) is 41.2 cm³/mol. The lowest BCUT2D eigenvalue weighted by Crippen LogP contribution is -2.12. The summed E-state index contributed by atoms with van der Waals surface area (Å²) in [5.74, 6) is -0.234. The molecule has 64 valence electrons. The quantitative estimate of drug-likeness (QED) is 0.599. The number of Topliss-reactive ketones (excluding diaryl/α,β-unsaturated/α-hetero) is 2. The number of carbonyl (C=O) groups is 2. The maximum absolute atomic E-state index is 10.8. The summed E-state index contributed by atoms with van der Waals surface area (Å²) in [5, 5.41) is 8.78. The van der Waals surface area contributed by atoms with Gasteiger partial charge in [-0.05, 0) is 6.92 Å². The van der Waals surface area contributed by atoms with Crippen molar-refractivity contribution in [3.8, 4) is 0 Å². The zero-order valence-corrected chi connectivity index (χ0v) is 6.96. The fraction of sp³-hybridized carbons (Fsp3) is 0.750. The van der Waals surface area contributed by atoms with Gasteiger partial charge in [0.15, 0.2) is 0 Å². The number of hydrogen-bond acceptors (Lipinski definition) is 3. The Hall–Kier alpha value is -0.700. The number of aliphatic hydroxyl groups is 1. The van der Waals surface area contributed by atoms with Crippen molar-refractivity contribution >= 4 is 11.6 Å². The fourth-order valence-electron chi connectivity index (χ4n) is 0.747. The van der Waals surface area contributed by atoms with Crippen molar-refractivity contribution in [1.82, 2.24) is 0 Å². The molecule has 11 heavy (non-hydrogen) atoms. The van der Waals surface area contributed by atoms with Crippen LogP contribution in [0.2, 0.25) is 0 Å². The van der Waals surface area contributed by atoms with Crippen LogP contribution in [-0.4, -0.2) is 22.8 Å². The maximum atomic E-state index is 10.8. The largest absolute Gasteiger partial charge is 0.393 e. The lowest BCUT2D eigenvalue weighted by molar-refractivity contribution is -0.127. The van der Waals surface area contributed by atoms with Crippen LogP contribution < -0.4 is 0 Å². The Labute approximate surface area is 66.4 Å². The third-order valence-corrected chi connectivity index (χ3v) is 1.31. The molecule has 0 rings (SSSR count). The van der Waals surface area contributed by atoms with E-state index >= 15 is 0 Å². The highest BCUT2D eigenvalue weighted by Gasteiger charge is 2.09. The van der Waals surface area contributed by atoms with E-state index in [9.17, 15) is 9.59 Å². The molecule has 1 atom stereocenters. The zero-order valence-electron chi connectivity index (χ0n) is 6.96. The third kappa shape index (κ3) is 5.73. The van der Waals surface area contributed by atoms with Crippen molar-refractivity contribution in [1.29, 1.82) is 0 Å². The van der Waals surface area contributed by atoms with E-state index in [-0.39, 0.29) is 24.4 Å². The van der Waals surface area contributed by atoms with Gasteiger partial charge < -0.3 is 5.11 Å². The van der Waals surface area contributed by atoms with Gasteiger partial charge in [0.05, 0.1) is 12.5 Å². The van der Waals surface area contributed by atoms with Gasteiger partial charge >= 0.3 is 0 Å². The monoisotopic (exact) mass is 158 g/mol. The summed E-state index contributed by atoms with van der Waals surface area (Å²) in [6, 6.07) is 0. The van der Waals surface area contributed by atoms with Crippen LogP contribution in [0, 0.1) is 0 Å². The van der Waals surface area contributed by atoms with Crippen molar-refractivity contribution in [2.75, 3.05) is 0 Å². The molecular weight excluding hydrogens is 144 g/mol. The minimum Gasteiger partial charge on any atom is -0.393 e. The predicted octanol–water partition coefficient (Wildman–Crippen LogP) is 0.696. The van der Waals surface area contributed by atoms with Crippen molar-refractivity contribution in [2.24, 2.45) is 0 Å². The van der Waals surface area contributed by atoms with Crippen LogP contribution in [0.4, 0.5) is 0 Å². The molecule has 0 aliphatic carbocycles. The summed E-state index contributed by atoms with van der Waals surface area (Å²) in [7, 11) is 0. The maximum Gasteiger partial charge on any atom is 0.142 e. The molecule has 0 spiro atoms. The first-order valence-electron chi connectivity index (χ1n) is 3.77. The number of carbonyl (C=O) groups excluding carboxylic acids is 2. The molecule has 0 aliphatic rings. The normalized spacial score (nSPS) is 12.6. The molecule has 0 radical (unpaired) electrons. The van der Waals surface area contributed by atoms with Crippen LogP contribution in [0.3, 0.4) is 0 Å². The molecule has 0 saturated carbocycles. The minimum atomic E-state index is -0.632. The van der Waals surface area contributed by atoms with Gasteiger partial charge in [0.2, 0.25) is 0 Å². The Morgan fingerprint density at radius 3 is 2.27 bits per heavy atom. The lowest BCUT2D eigenvalue weighted by Gasteiger charge is -2.00. The summed E-state index contributed by atoms with van der Waals surface area (Å²) in [6.07, 6.45) is -0.175. The van der Waals surface area contributed by atoms with E-state index in [1.807, 2.05) is 0 Å². The van der Waals surface area contributed by atoms with Crippen molar-refractivity contribution < 1.29 is 14.7 Å². The fourth-order valence-corrected chi connectivity index (χ4v) is 0.747. The number of aliphatic hydroxyl groups excluding tert-OH is 1. The minimum absolute atomic E-state index is 0.0264. The molecule has 1 N–H and O–H groups in total. The van der Waals surface area contributed by atoms with Gasteiger partial charge in [0.25, 0.3) is 0 Å². The van der Waals surface area contributed by atoms with Crippen molar-refractivity contribution in [3.05, 3.63) is 0 Å². The zero-order chi connectivity index (χ0) is 8.85. The van der Waals surface area contributed by atoms with E-state index in [2.05, 4.69) is 0 Å². The van der Waals surface area contributed by atoms with Crippen LogP contribution in [-0.2, 0) is 9.59 Å². The topological polar surface area (TPSA) is 54.4 Å². The first kappa shape index (κ1) is 10.3. The molecule has 0 saturated heterocycles. The van der Waals surface area contributed by atoms with Crippen LogP contribution in [0.25, 0.3) is 0 Å². The van der Waals surface area contributed by atoms with Gasteiger partial charge in [0.1, 0.15) is 11.6 Å². The van der Waals surface area contributed by atoms with Gasteiger partial charge in [0, 0.05) is 12.8 Å². The number of hydrogen-bond donors (Lipinski definition) is 1. The van der Waals surface area contributed by atoms with Gasteiger partial charge in [-0.1, -0.05) is 6.92 Å². The summed E-state index contributed by atoms with van der Waals surface area (Å²) >= 11 is 0. The molecule has 0 fully saturated rings. The molecule has 0 unspecified atom stereocenters. The first-order valence-corrected chi connectivity index (χ1v) is 3.77. The van der Waals surface area contributed by atoms with E-state index in [1.54, 1.807) is 6.92 Å². The van der Waals surface area contributed by atoms with Gasteiger partial charge in [-0.2, -0.15) is 0 Å². The molecule has 3 nitrogen and oxygen atoms in total. The molecule has 3 heteroatoms. The number of ketones is 2. The summed E-state index contributed by atoms with van der Waals surface area (Å²) in [4.78, 5) is 21.5. The van der Waals surface area contributed by atoms with E-state index in [0.29, 0.717) is 6.42 Å². The molecule has 0 aromatic rings. The Balaban J connectivity index is 3.61. The second kappa shape index (κ2) is 5.02. The van der Waals surface area contributed by atoms with E-state index in [1.165, 1.54) is 6.92 Å². The SMILES string of the molecule is CCC(=O)CC(=O)C[C@@H](C)O. The van der Waals surface area contributed by atoms with E-state index in [4.69, 9.17) is 5.11 Å². The standard InChI is InChI=1S/C8H14O3/c1-3-7(10)5-8(11)4-6(2)9/h6,9H,3-5H2,1-2H3/t6-/m1/s1. The molecule has 0 aromatic carbocycles. The van der Waals surface area contributed by atoms with Gasteiger partial charge in [-0.25, -0.2) is 0 Å². The van der Waals surface area contributed by atoms with Crippen LogP contribution in [0.1, 0.15) is 33.1 Å². The third-order valence-electron chi connectivity index (χ3n) is 1.31. The molecule has 0 bridgehead atoms. The first-order chi connectivity index (χ1) is 5.06. The Morgan fingerprint density at radius 2 is 1.91 bits per heavy atom. The Kier molecular flexibility index (Phi) is 4.70. The molecule has 0 aromatic heterocycles. The Morgan fingerprint density at radius 1 is 1.36 bits per heavy atom. The van der Waals surface area contributed by atoms with Crippen molar-refractivity contribution in [2.45, 2.75) is 39.2 Å². The highest BCUT2D eigenvalue weighted by molar-refractivity contribution is 5.99. The second-order valence-electron chi connectivity index (χ2n) is 2.66.